The number of nitrogens with zero attached hydrogens (tertiary/aromatic N) is 1. The van der Waals surface area contributed by atoms with E-state index in [1.807, 2.05) is 23.1 Å². The van der Waals surface area contributed by atoms with Crippen molar-refractivity contribution in [3.05, 3.63) is 29.8 Å². The van der Waals surface area contributed by atoms with E-state index >= 15 is 0 Å². The van der Waals surface area contributed by atoms with E-state index in [1.54, 1.807) is 6.92 Å². The molecule has 1 aromatic rings. The maximum Gasteiger partial charge on any atom is 0.326 e. The molecule has 2 atom stereocenters. The van der Waals surface area contributed by atoms with Crippen molar-refractivity contribution < 1.29 is 9.90 Å². The Morgan fingerprint density at radius 3 is 2.50 bits per heavy atom. The van der Waals surface area contributed by atoms with E-state index in [0.717, 1.165) is 5.69 Å². The number of para-hydroxylation sites is 1. The van der Waals surface area contributed by atoms with Crippen LogP contribution in [0.5, 0.6) is 0 Å². The summed E-state index contributed by atoms with van der Waals surface area (Å²) in [6, 6.07) is 7.79. The van der Waals surface area contributed by atoms with Crippen molar-refractivity contribution in [2.45, 2.75) is 45.2 Å². The molecule has 2 rings (SSSR count). The number of rotatable bonds is 2. The first-order valence-electron chi connectivity index (χ1n) is 5.98. The summed E-state index contributed by atoms with van der Waals surface area (Å²) in [5.41, 5.74) is 2.28. The number of hydrogen-bond acceptors (Lipinski definition) is 2. The van der Waals surface area contributed by atoms with E-state index in [4.69, 9.17) is 0 Å². The highest BCUT2D eigenvalue weighted by atomic mass is 127. The van der Waals surface area contributed by atoms with E-state index in [0.29, 0.717) is 0 Å². The smallest absolute Gasteiger partial charge is 0.326 e. The fourth-order valence-electron chi connectivity index (χ4n) is 2.69. The van der Waals surface area contributed by atoms with Crippen LogP contribution in [0.1, 0.15) is 33.3 Å². The Hall–Kier alpha value is -0.780. The molecule has 100 valence electrons. The average molecular weight is 361 g/mol. The predicted octanol–water partition coefficient (Wildman–Crippen LogP) is 3.26. The van der Waals surface area contributed by atoms with E-state index in [2.05, 4.69) is 26.8 Å². The topological polar surface area (TPSA) is 40.5 Å². The Labute approximate surface area is 125 Å². The van der Waals surface area contributed by atoms with Crippen molar-refractivity contribution in [2.75, 3.05) is 4.90 Å². The molecule has 1 N–H and O–H groups in total. The molecule has 0 amide bonds. The van der Waals surface area contributed by atoms with Crippen LogP contribution in [0.2, 0.25) is 0 Å². The molecule has 1 heterocycles. The fourth-order valence-corrected chi connectivity index (χ4v) is 2.69. The summed E-state index contributed by atoms with van der Waals surface area (Å²) in [5.74, 6) is -0.774. The van der Waals surface area contributed by atoms with Gasteiger partial charge in [-0.1, -0.05) is 32.0 Å². The van der Waals surface area contributed by atoms with Gasteiger partial charge in [0, 0.05) is 17.1 Å². The lowest BCUT2D eigenvalue weighted by atomic mass is 9.81. The summed E-state index contributed by atoms with van der Waals surface area (Å²) >= 11 is 0. The van der Waals surface area contributed by atoms with Crippen LogP contribution in [-0.2, 0) is 10.2 Å². The number of carboxylic acids is 1. The lowest BCUT2D eigenvalue weighted by Crippen LogP contribution is -2.47. The minimum Gasteiger partial charge on any atom is -0.480 e. The van der Waals surface area contributed by atoms with Crippen LogP contribution in [0.4, 0.5) is 5.69 Å². The van der Waals surface area contributed by atoms with Crippen molar-refractivity contribution in [2.24, 2.45) is 0 Å². The average Bonchev–Trinajstić information content (AvgIpc) is 2.48. The summed E-state index contributed by atoms with van der Waals surface area (Å²) in [6.45, 7) is 8.19. The minimum absolute atomic E-state index is 0. The lowest BCUT2D eigenvalue weighted by Gasteiger charge is -2.34. The molecule has 3 nitrogen and oxygen atoms in total. The van der Waals surface area contributed by atoms with Gasteiger partial charge in [-0.05, 0) is 25.5 Å². The van der Waals surface area contributed by atoms with Gasteiger partial charge >= 0.3 is 5.97 Å². The summed E-state index contributed by atoms with van der Waals surface area (Å²) in [7, 11) is 0. The maximum absolute atomic E-state index is 11.2. The van der Waals surface area contributed by atoms with Crippen molar-refractivity contribution >= 4 is 35.6 Å². The molecule has 1 aliphatic rings. The van der Waals surface area contributed by atoms with Crippen molar-refractivity contribution in [1.29, 1.82) is 0 Å². The van der Waals surface area contributed by atoms with Crippen LogP contribution in [-0.4, -0.2) is 23.2 Å². The normalized spacial score (nSPS) is 22.0. The van der Waals surface area contributed by atoms with Crippen molar-refractivity contribution in [3.8, 4) is 0 Å². The van der Waals surface area contributed by atoms with E-state index in [-0.39, 0.29) is 35.4 Å². The number of carbonyl (C=O) groups is 1. The molecule has 0 bridgehead atoms. The van der Waals surface area contributed by atoms with Gasteiger partial charge < -0.3 is 10.0 Å². The van der Waals surface area contributed by atoms with Crippen LogP contribution in [0.25, 0.3) is 0 Å². The third-order valence-corrected chi connectivity index (χ3v) is 4.11. The largest absolute Gasteiger partial charge is 0.480 e. The minimum atomic E-state index is -0.774. The van der Waals surface area contributed by atoms with Gasteiger partial charge in [0.1, 0.15) is 6.04 Å². The zero-order valence-electron chi connectivity index (χ0n) is 11.2. The third-order valence-electron chi connectivity index (χ3n) is 4.11. The van der Waals surface area contributed by atoms with Crippen LogP contribution >= 0.6 is 24.0 Å². The fraction of sp³-hybridized carbons (Fsp3) is 0.500. The number of carboxylic acid groups (broad SMARTS) is 1. The highest BCUT2D eigenvalue weighted by Gasteiger charge is 2.44. The zero-order chi connectivity index (χ0) is 12.8. The number of benzene rings is 1. The lowest BCUT2D eigenvalue weighted by molar-refractivity contribution is -0.138. The molecule has 18 heavy (non-hydrogen) atoms. The number of fused-ring (bicyclic) bond motifs is 1. The molecule has 0 aromatic heterocycles. The Morgan fingerprint density at radius 1 is 1.39 bits per heavy atom. The van der Waals surface area contributed by atoms with Crippen LogP contribution in [0.15, 0.2) is 24.3 Å². The summed E-state index contributed by atoms with van der Waals surface area (Å²) in [6.07, 6.45) is 0. The van der Waals surface area contributed by atoms with Gasteiger partial charge in [0.15, 0.2) is 0 Å². The van der Waals surface area contributed by atoms with Gasteiger partial charge in [-0.15, -0.1) is 24.0 Å². The van der Waals surface area contributed by atoms with Gasteiger partial charge in [0.2, 0.25) is 0 Å². The Bertz CT molecular complexity index is 459. The molecule has 0 spiro atoms. The maximum atomic E-state index is 11.2. The molecule has 1 aromatic carbocycles. The first kappa shape index (κ1) is 15.3. The molecule has 4 heteroatoms. The molecular formula is C14H20INO2. The molecule has 1 aliphatic heterocycles. The van der Waals surface area contributed by atoms with E-state index < -0.39 is 12.0 Å². The first-order chi connectivity index (χ1) is 7.87. The summed E-state index contributed by atoms with van der Waals surface area (Å²) < 4.78 is 0. The zero-order valence-corrected chi connectivity index (χ0v) is 13.5. The number of anilines is 1. The number of halogens is 1. The van der Waals surface area contributed by atoms with E-state index in [1.165, 1.54) is 5.56 Å². The third kappa shape index (κ3) is 2.11. The van der Waals surface area contributed by atoms with Gasteiger partial charge in [-0.25, -0.2) is 4.79 Å². The second-order valence-corrected chi connectivity index (χ2v) is 5.34. The predicted molar refractivity (Wildman–Crippen MR) is 83.9 cm³/mol. The quantitative estimate of drug-likeness (QED) is 0.822. The van der Waals surface area contributed by atoms with Crippen LogP contribution in [0, 0.1) is 0 Å². The standard InChI is InChI=1S/C14H19NO2.HI/c1-9(13(16)17)15-10(2)14(3,4)11-7-5-6-8-12(11)15;/h5-10H,1-4H3,(H,16,17);1H. The van der Waals surface area contributed by atoms with Crippen LogP contribution < -0.4 is 4.90 Å². The SMILES string of the molecule is CC(C(=O)O)N1c2ccccc2C(C)(C)C1C.I. The summed E-state index contributed by atoms with van der Waals surface area (Å²) in [5, 5.41) is 9.21. The molecule has 0 saturated carbocycles. The molecule has 0 saturated heterocycles. The van der Waals surface area contributed by atoms with E-state index in [9.17, 15) is 9.90 Å². The molecule has 0 fully saturated rings. The van der Waals surface area contributed by atoms with Crippen LogP contribution in [0.3, 0.4) is 0 Å². The highest BCUT2D eigenvalue weighted by molar-refractivity contribution is 14.0. The van der Waals surface area contributed by atoms with Crippen molar-refractivity contribution in [3.63, 3.8) is 0 Å². The second-order valence-electron chi connectivity index (χ2n) is 5.34. The monoisotopic (exact) mass is 361 g/mol. The molecule has 2 unspecified atom stereocenters. The van der Waals surface area contributed by atoms with Gasteiger partial charge in [0.05, 0.1) is 0 Å². The Balaban J connectivity index is 0.00000162. The Morgan fingerprint density at radius 2 is 1.94 bits per heavy atom. The molecule has 0 aliphatic carbocycles. The van der Waals surface area contributed by atoms with Gasteiger partial charge in [0.25, 0.3) is 0 Å². The summed E-state index contributed by atoms with van der Waals surface area (Å²) in [4.78, 5) is 13.2. The molecular weight excluding hydrogens is 341 g/mol. The van der Waals surface area contributed by atoms with Gasteiger partial charge in [-0.2, -0.15) is 0 Å². The second kappa shape index (κ2) is 5.07. The first-order valence-corrected chi connectivity index (χ1v) is 5.98. The number of aliphatic carboxylic acids is 1. The van der Waals surface area contributed by atoms with Gasteiger partial charge in [-0.3, -0.25) is 0 Å². The number of hydrogen-bond donors (Lipinski definition) is 1. The Kier molecular flexibility index (Phi) is 4.30. The highest BCUT2D eigenvalue weighted by Crippen LogP contribution is 2.45. The molecule has 0 radical (unpaired) electrons. The van der Waals surface area contributed by atoms with Crippen molar-refractivity contribution in [1.82, 2.24) is 0 Å².